The largest absolute Gasteiger partial charge is 0.457 e. The zero-order valence-electron chi connectivity index (χ0n) is 13.8. The normalized spacial score (nSPS) is 12.4. The third-order valence-corrected chi connectivity index (χ3v) is 5.07. The van der Waals surface area contributed by atoms with Gasteiger partial charge in [0.1, 0.15) is 6.61 Å². The van der Waals surface area contributed by atoms with Gasteiger partial charge in [-0.15, -0.1) is 0 Å². The van der Waals surface area contributed by atoms with Crippen molar-refractivity contribution in [3.8, 4) is 0 Å². The molecule has 3 aromatic carbocycles. The highest BCUT2D eigenvalue weighted by Crippen LogP contribution is 2.18. The number of ether oxygens (including phenoxy) is 1. The molecule has 0 fully saturated rings. The molecule has 1 N–H and O–H groups in total. The first-order chi connectivity index (χ1) is 12.6. The molecule has 0 aliphatic carbocycles. The number of anilines is 1. The number of esters is 1. The van der Waals surface area contributed by atoms with Crippen LogP contribution in [0.2, 0.25) is 0 Å². The second-order valence-electron chi connectivity index (χ2n) is 5.52. The Hall–Kier alpha value is -3.12. The van der Waals surface area contributed by atoms with E-state index in [1.807, 2.05) is 24.3 Å². The highest BCUT2D eigenvalue weighted by Gasteiger charge is 2.19. The number of rotatable bonds is 3. The molecule has 0 bridgehead atoms. The highest BCUT2D eigenvalue weighted by atomic mass is 32.2. The lowest BCUT2D eigenvalue weighted by Crippen LogP contribution is -2.12. The summed E-state index contributed by atoms with van der Waals surface area (Å²) >= 11 is 0. The first kappa shape index (κ1) is 17.7. The summed E-state index contributed by atoms with van der Waals surface area (Å²) in [4.78, 5) is 11.1. The van der Waals surface area contributed by atoms with Crippen molar-refractivity contribution in [2.24, 2.45) is 0 Å². The van der Waals surface area contributed by atoms with Crippen LogP contribution in [-0.2, 0) is 21.4 Å². The van der Waals surface area contributed by atoms with Gasteiger partial charge in [0, 0.05) is 11.3 Å². The Balaban J connectivity index is 0.000000167. The minimum Gasteiger partial charge on any atom is -0.457 e. The van der Waals surface area contributed by atoms with Gasteiger partial charge in [-0.25, -0.2) is 13.2 Å². The molecule has 1 heterocycles. The van der Waals surface area contributed by atoms with Crippen LogP contribution in [0.4, 0.5) is 5.69 Å². The Labute approximate surface area is 152 Å². The molecule has 26 heavy (non-hydrogen) atoms. The number of carbonyl (C=O) groups excluding carboxylic acids is 1. The number of carbonyl (C=O) groups is 1. The molecule has 0 atom stereocenters. The molecule has 0 saturated carbocycles. The van der Waals surface area contributed by atoms with Crippen LogP contribution in [0, 0.1) is 0 Å². The van der Waals surface area contributed by atoms with Crippen LogP contribution in [0.1, 0.15) is 15.9 Å². The zero-order valence-corrected chi connectivity index (χ0v) is 14.6. The van der Waals surface area contributed by atoms with Gasteiger partial charge in [-0.1, -0.05) is 54.6 Å². The maximum absolute atomic E-state index is 11.9. The van der Waals surface area contributed by atoms with Crippen LogP contribution in [-0.4, -0.2) is 14.4 Å². The Morgan fingerprint density at radius 1 is 0.769 bits per heavy atom. The van der Waals surface area contributed by atoms with E-state index in [2.05, 4.69) is 4.72 Å². The van der Waals surface area contributed by atoms with E-state index >= 15 is 0 Å². The molecule has 132 valence electrons. The fraction of sp³-hybridized carbons (Fsp3) is 0.0500. The van der Waals surface area contributed by atoms with Crippen molar-refractivity contribution in [3.05, 3.63) is 96.1 Å². The van der Waals surface area contributed by atoms with Gasteiger partial charge < -0.3 is 4.74 Å². The third kappa shape index (κ3) is 4.29. The standard InChI is InChI=1S/C12H11NO2S.C8H6O2/c14-16(15,12-9-5-2-6-10-12)13-11-7-3-1-4-8-11;9-8-7-4-2-1-3-6(7)5-10-8/h1-10,13H;1-4H,5H2. The van der Waals surface area contributed by atoms with Crippen LogP contribution in [0.25, 0.3) is 0 Å². The summed E-state index contributed by atoms with van der Waals surface area (Å²) in [6.07, 6.45) is 0. The summed E-state index contributed by atoms with van der Waals surface area (Å²) in [5, 5.41) is 0. The van der Waals surface area contributed by atoms with E-state index in [9.17, 15) is 13.2 Å². The van der Waals surface area contributed by atoms with Crippen LogP contribution in [0.3, 0.4) is 0 Å². The maximum atomic E-state index is 11.9. The molecule has 4 rings (SSSR count). The van der Waals surface area contributed by atoms with E-state index in [0.29, 0.717) is 17.9 Å². The first-order valence-electron chi connectivity index (χ1n) is 7.94. The lowest BCUT2D eigenvalue weighted by atomic mass is 10.1. The summed E-state index contributed by atoms with van der Waals surface area (Å²) < 4.78 is 31.1. The van der Waals surface area contributed by atoms with Crippen LogP contribution >= 0.6 is 0 Å². The van der Waals surface area contributed by atoms with Gasteiger partial charge in [0.2, 0.25) is 0 Å². The number of hydrogen-bond donors (Lipinski definition) is 1. The second-order valence-corrected chi connectivity index (χ2v) is 7.20. The van der Waals surface area contributed by atoms with Crippen molar-refractivity contribution in [2.75, 3.05) is 4.72 Å². The number of benzene rings is 3. The average Bonchev–Trinajstić information content (AvgIpc) is 3.05. The van der Waals surface area contributed by atoms with Crippen LogP contribution in [0.15, 0.2) is 89.8 Å². The van der Waals surface area contributed by atoms with E-state index in [0.717, 1.165) is 5.56 Å². The van der Waals surface area contributed by atoms with E-state index in [1.165, 1.54) is 0 Å². The Morgan fingerprint density at radius 3 is 2.00 bits per heavy atom. The lowest BCUT2D eigenvalue weighted by Gasteiger charge is -2.07. The number of sulfonamides is 1. The Bertz CT molecular complexity index is 987. The van der Waals surface area contributed by atoms with Gasteiger partial charge in [-0.3, -0.25) is 4.72 Å². The Kier molecular flexibility index (Phi) is 5.34. The quantitative estimate of drug-likeness (QED) is 0.714. The maximum Gasteiger partial charge on any atom is 0.338 e. The molecular weight excluding hydrogens is 350 g/mol. The number of hydrogen-bond acceptors (Lipinski definition) is 4. The molecule has 6 heteroatoms. The van der Waals surface area contributed by atoms with Crippen molar-refractivity contribution >= 4 is 21.7 Å². The summed E-state index contributed by atoms with van der Waals surface area (Å²) in [6, 6.07) is 24.5. The summed E-state index contributed by atoms with van der Waals surface area (Å²) in [5.41, 5.74) is 2.27. The highest BCUT2D eigenvalue weighted by molar-refractivity contribution is 7.92. The zero-order chi connectivity index (χ0) is 18.4. The monoisotopic (exact) mass is 367 g/mol. The summed E-state index contributed by atoms with van der Waals surface area (Å²) in [5.74, 6) is -0.199. The van der Waals surface area contributed by atoms with Crippen molar-refractivity contribution in [2.45, 2.75) is 11.5 Å². The van der Waals surface area contributed by atoms with Gasteiger partial charge >= 0.3 is 5.97 Å². The molecule has 0 aromatic heterocycles. The van der Waals surface area contributed by atoms with Crippen molar-refractivity contribution in [1.82, 2.24) is 0 Å². The fourth-order valence-corrected chi connectivity index (χ4v) is 3.47. The van der Waals surface area contributed by atoms with Gasteiger partial charge in [0.25, 0.3) is 10.0 Å². The molecule has 0 amide bonds. The molecule has 0 saturated heterocycles. The number of nitrogens with one attached hydrogen (secondary N) is 1. The van der Waals surface area contributed by atoms with E-state index in [4.69, 9.17) is 4.74 Å². The molecule has 0 spiro atoms. The third-order valence-electron chi connectivity index (χ3n) is 3.68. The lowest BCUT2D eigenvalue weighted by molar-refractivity contribution is 0.0535. The van der Waals surface area contributed by atoms with Crippen molar-refractivity contribution < 1.29 is 17.9 Å². The topological polar surface area (TPSA) is 72.5 Å². The van der Waals surface area contributed by atoms with Crippen molar-refractivity contribution in [1.29, 1.82) is 0 Å². The summed E-state index contributed by atoms with van der Waals surface area (Å²) in [6.45, 7) is 0.439. The number of cyclic esters (lactones) is 1. The summed E-state index contributed by atoms with van der Waals surface area (Å²) in [7, 11) is -3.46. The van der Waals surface area contributed by atoms with E-state index in [1.54, 1.807) is 60.7 Å². The average molecular weight is 367 g/mol. The molecule has 1 aliphatic rings. The van der Waals surface area contributed by atoms with Crippen LogP contribution < -0.4 is 4.72 Å². The molecule has 5 nitrogen and oxygen atoms in total. The molecule has 0 unspecified atom stereocenters. The molecule has 1 aliphatic heterocycles. The van der Waals surface area contributed by atoms with Gasteiger partial charge in [-0.05, 0) is 30.3 Å². The number of para-hydroxylation sites is 1. The smallest absolute Gasteiger partial charge is 0.338 e. The number of fused-ring (bicyclic) bond motifs is 1. The van der Waals surface area contributed by atoms with Crippen LogP contribution in [0.5, 0.6) is 0 Å². The minimum atomic E-state index is -3.46. The predicted molar refractivity (Wildman–Crippen MR) is 99.3 cm³/mol. The molecule has 3 aromatic rings. The first-order valence-corrected chi connectivity index (χ1v) is 9.42. The molecule has 0 radical (unpaired) electrons. The van der Waals surface area contributed by atoms with Crippen molar-refractivity contribution in [3.63, 3.8) is 0 Å². The molecular formula is C20H17NO4S. The fourth-order valence-electron chi connectivity index (χ4n) is 2.39. The van der Waals surface area contributed by atoms with Gasteiger partial charge in [0.05, 0.1) is 10.5 Å². The van der Waals surface area contributed by atoms with E-state index in [-0.39, 0.29) is 10.9 Å². The van der Waals surface area contributed by atoms with E-state index < -0.39 is 10.0 Å². The minimum absolute atomic E-state index is 0.199. The predicted octanol–water partition coefficient (Wildman–Crippen LogP) is 3.84. The SMILES string of the molecule is O=C1OCc2ccccc21.O=S(=O)(Nc1ccccc1)c1ccccc1. The van der Waals surface area contributed by atoms with Gasteiger partial charge in [-0.2, -0.15) is 0 Å². The Morgan fingerprint density at radius 2 is 1.35 bits per heavy atom. The second kappa shape index (κ2) is 7.84. The van der Waals surface area contributed by atoms with Gasteiger partial charge in [0.15, 0.2) is 0 Å².